The number of hydrogen-bond acceptors (Lipinski definition) is 2. The normalized spacial score (nSPS) is 26.5. The molecule has 1 aromatic rings. The Morgan fingerprint density at radius 3 is 3.00 bits per heavy atom. The van der Waals surface area contributed by atoms with Crippen molar-refractivity contribution in [3.8, 4) is 0 Å². The smallest absolute Gasteiger partial charge is 0.270 e. The van der Waals surface area contributed by atoms with Crippen molar-refractivity contribution in [1.29, 1.82) is 0 Å². The van der Waals surface area contributed by atoms with Crippen LogP contribution in [0.1, 0.15) is 55.7 Å². The van der Waals surface area contributed by atoms with E-state index < -0.39 is 0 Å². The van der Waals surface area contributed by atoms with Crippen LogP contribution >= 0.6 is 11.6 Å². The first kappa shape index (κ1) is 15.4. The number of rotatable bonds is 4. The predicted octanol–water partition coefficient (Wildman–Crippen LogP) is 3.13. The van der Waals surface area contributed by atoms with Gasteiger partial charge in [-0.15, -0.1) is 11.6 Å². The molecule has 1 N–H and O–H groups in total. The summed E-state index contributed by atoms with van der Waals surface area (Å²) in [6.45, 7) is 6.82. The second-order valence-corrected chi connectivity index (χ2v) is 6.32. The summed E-state index contributed by atoms with van der Waals surface area (Å²) in [5.41, 5.74) is 1.24. The molecule has 4 nitrogen and oxygen atoms in total. The molecule has 5 heteroatoms. The Morgan fingerprint density at radius 1 is 1.65 bits per heavy atom. The van der Waals surface area contributed by atoms with Gasteiger partial charge in [-0.1, -0.05) is 19.8 Å². The van der Waals surface area contributed by atoms with Crippen LogP contribution in [0.15, 0.2) is 6.07 Å². The van der Waals surface area contributed by atoms with Crippen LogP contribution in [0.3, 0.4) is 0 Å². The average Bonchev–Trinajstić information content (AvgIpc) is 2.80. The molecule has 2 atom stereocenters. The Kier molecular flexibility index (Phi) is 4.74. The molecule has 1 saturated carbocycles. The van der Waals surface area contributed by atoms with Crippen molar-refractivity contribution in [2.45, 2.75) is 58.5 Å². The van der Waals surface area contributed by atoms with Gasteiger partial charge < -0.3 is 5.32 Å². The third-order valence-electron chi connectivity index (χ3n) is 4.16. The van der Waals surface area contributed by atoms with E-state index in [2.05, 4.69) is 17.3 Å². The van der Waals surface area contributed by atoms with E-state index in [1.54, 1.807) is 4.68 Å². The summed E-state index contributed by atoms with van der Waals surface area (Å²) < 4.78 is 1.75. The maximum Gasteiger partial charge on any atom is 0.270 e. The minimum atomic E-state index is -0.257. The molecule has 0 radical (unpaired) electrons. The van der Waals surface area contributed by atoms with E-state index in [-0.39, 0.29) is 11.4 Å². The molecule has 0 spiro atoms. The molecule has 112 valence electrons. The van der Waals surface area contributed by atoms with Crippen molar-refractivity contribution in [3.05, 3.63) is 17.5 Å². The number of alkyl halides is 1. The summed E-state index contributed by atoms with van der Waals surface area (Å²) in [7, 11) is 0. The van der Waals surface area contributed by atoms with Gasteiger partial charge in [-0.2, -0.15) is 5.10 Å². The Balaban J connectivity index is 2.16. The van der Waals surface area contributed by atoms with Gasteiger partial charge in [-0.05, 0) is 38.7 Å². The summed E-state index contributed by atoms with van der Waals surface area (Å²) in [5.74, 6) is 1.03. The molecule has 1 heterocycles. The van der Waals surface area contributed by atoms with Gasteiger partial charge in [-0.3, -0.25) is 9.48 Å². The Morgan fingerprint density at radius 2 is 2.40 bits per heavy atom. The lowest BCUT2D eigenvalue weighted by Gasteiger charge is -2.39. The number of carbonyl (C=O) groups is 1. The predicted molar refractivity (Wildman–Crippen MR) is 81.2 cm³/mol. The highest BCUT2D eigenvalue weighted by Crippen LogP contribution is 2.33. The fraction of sp³-hybridized carbons (Fsp3) is 0.733. The van der Waals surface area contributed by atoms with Gasteiger partial charge in [0.25, 0.3) is 5.91 Å². The lowest BCUT2D eigenvalue weighted by atomic mass is 9.77. The van der Waals surface area contributed by atoms with Gasteiger partial charge >= 0.3 is 0 Å². The number of hydrogen-bond donors (Lipinski definition) is 1. The monoisotopic (exact) mass is 297 g/mol. The summed E-state index contributed by atoms with van der Waals surface area (Å²) in [6, 6.07) is 1.84. The van der Waals surface area contributed by atoms with Crippen molar-refractivity contribution < 1.29 is 4.79 Å². The number of carbonyl (C=O) groups excluding carboxylic acids is 1. The van der Waals surface area contributed by atoms with E-state index in [4.69, 9.17) is 11.6 Å². The fourth-order valence-electron chi connectivity index (χ4n) is 3.20. The number of nitrogens with zero attached hydrogens (tertiary/aromatic N) is 2. The number of aryl methyl sites for hydroxylation is 2. The molecule has 0 saturated heterocycles. The van der Waals surface area contributed by atoms with E-state index >= 15 is 0 Å². The van der Waals surface area contributed by atoms with Crippen molar-refractivity contribution in [1.82, 2.24) is 15.1 Å². The molecule has 2 rings (SSSR count). The largest absolute Gasteiger partial charge is 0.344 e. The third kappa shape index (κ3) is 3.17. The van der Waals surface area contributed by atoms with Crippen LogP contribution < -0.4 is 5.32 Å². The van der Waals surface area contributed by atoms with Crippen LogP contribution in [0, 0.1) is 12.8 Å². The second-order valence-electron chi connectivity index (χ2n) is 6.06. The van der Waals surface area contributed by atoms with Crippen LogP contribution in [-0.4, -0.2) is 27.1 Å². The molecular weight excluding hydrogens is 274 g/mol. The van der Waals surface area contributed by atoms with Crippen molar-refractivity contribution in [2.75, 3.05) is 5.88 Å². The first-order chi connectivity index (χ1) is 9.49. The number of amides is 1. The Labute approximate surface area is 125 Å². The summed E-state index contributed by atoms with van der Waals surface area (Å²) in [5, 5.41) is 7.51. The minimum Gasteiger partial charge on any atom is -0.344 e. The molecule has 2 unspecified atom stereocenters. The van der Waals surface area contributed by atoms with E-state index in [9.17, 15) is 4.79 Å². The topological polar surface area (TPSA) is 46.9 Å². The number of halogens is 1. The van der Waals surface area contributed by atoms with Crippen LogP contribution in [0.4, 0.5) is 0 Å². The third-order valence-corrected chi connectivity index (χ3v) is 4.67. The Bertz CT molecular complexity index is 485. The van der Waals surface area contributed by atoms with Crippen LogP contribution in [0.25, 0.3) is 0 Å². The van der Waals surface area contributed by atoms with Gasteiger partial charge in [0.05, 0.1) is 11.2 Å². The second kappa shape index (κ2) is 6.17. The molecule has 1 aromatic heterocycles. The molecule has 1 aliphatic rings. The van der Waals surface area contributed by atoms with Gasteiger partial charge in [-0.25, -0.2) is 0 Å². The number of aromatic nitrogens is 2. The average molecular weight is 298 g/mol. The first-order valence-electron chi connectivity index (χ1n) is 7.42. The molecule has 1 aliphatic carbocycles. The molecule has 0 aliphatic heterocycles. The molecule has 1 amide bonds. The SMILES string of the molecule is CCn1nc(C)cc1C(=O)NC1(CCl)CCCC(C)C1. The van der Waals surface area contributed by atoms with Crippen LogP contribution in [0.2, 0.25) is 0 Å². The highest BCUT2D eigenvalue weighted by atomic mass is 35.5. The Hall–Kier alpha value is -1.03. The maximum atomic E-state index is 12.5. The zero-order chi connectivity index (χ0) is 14.8. The van der Waals surface area contributed by atoms with Crippen molar-refractivity contribution in [3.63, 3.8) is 0 Å². The lowest BCUT2D eigenvalue weighted by Crippen LogP contribution is -2.53. The van der Waals surface area contributed by atoms with E-state index in [0.717, 1.165) is 25.0 Å². The quantitative estimate of drug-likeness (QED) is 0.868. The van der Waals surface area contributed by atoms with Crippen molar-refractivity contribution in [2.24, 2.45) is 5.92 Å². The maximum absolute atomic E-state index is 12.5. The molecular formula is C15H24ClN3O. The summed E-state index contributed by atoms with van der Waals surface area (Å²) >= 11 is 6.18. The molecule has 1 fully saturated rings. The summed E-state index contributed by atoms with van der Waals surface area (Å²) in [4.78, 5) is 12.5. The van der Waals surface area contributed by atoms with E-state index in [0.29, 0.717) is 24.0 Å². The zero-order valence-corrected chi connectivity index (χ0v) is 13.3. The highest BCUT2D eigenvalue weighted by Gasteiger charge is 2.36. The van der Waals surface area contributed by atoms with Gasteiger partial charge in [0.15, 0.2) is 0 Å². The van der Waals surface area contributed by atoms with Gasteiger partial charge in [0.1, 0.15) is 5.69 Å². The van der Waals surface area contributed by atoms with E-state index in [1.165, 1.54) is 6.42 Å². The zero-order valence-electron chi connectivity index (χ0n) is 12.6. The van der Waals surface area contributed by atoms with Gasteiger partial charge in [0, 0.05) is 12.4 Å². The lowest BCUT2D eigenvalue weighted by molar-refractivity contribution is 0.0856. The van der Waals surface area contributed by atoms with Crippen LogP contribution in [-0.2, 0) is 6.54 Å². The first-order valence-corrected chi connectivity index (χ1v) is 7.96. The number of nitrogens with one attached hydrogen (secondary N) is 1. The van der Waals surface area contributed by atoms with Crippen molar-refractivity contribution >= 4 is 17.5 Å². The molecule has 0 bridgehead atoms. The van der Waals surface area contributed by atoms with Crippen LogP contribution in [0.5, 0.6) is 0 Å². The highest BCUT2D eigenvalue weighted by molar-refractivity contribution is 6.19. The standard InChI is InChI=1S/C15H24ClN3O/c1-4-19-13(8-12(3)18-19)14(20)17-15(10-16)7-5-6-11(2)9-15/h8,11H,4-7,9-10H2,1-3H3,(H,17,20). The fourth-order valence-corrected chi connectivity index (χ4v) is 3.51. The molecule has 0 aromatic carbocycles. The van der Waals surface area contributed by atoms with Gasteiger partial charge in [0.2, 0.25) is 0 Å². The molecule has 20 heavy (non-hydrogen) atoms. The summed E-state index contributed by atoms with van der Waals surface area (Å²) in [6.07, 6.45) is 4.27. The van der Waals surface area contributed by atoms with E-state index in [1.807, 2.05) is 19.9 Å². The minimum absolute atomic E-state index is 0.0535.